The predicted octanol–water partition coefficient (Wildman–Crippen LogP) is 3.55. The highest BCUT2D eigenvalue weighted by atomic mass is 16.2. The van der Waals surface area contributed by atoms with Crippen molar-refractivity contribution in [1.29, 1.82) is 0 Å². The number of benzene rings is 1. The van der Waals surface area contributed by atoms with Crippen LogP contribution in [0.3, 0.4) is 0 Å². The summed E-state index contributed by atoms with van der Waals surface area (Å²) in [4.78, 5) is 18.7. The first-order valence-electron chi connectivity index (χ1n) is 8.42. The van der Waals surface area contributed by atoms with Crippen LogP contribution in [-0.4, -0.2) is 32.6 Å². The zero-order valence-corrected chi connectivity index (χ0v) is 14.5. The average molecular weight is 334 g/mol. The van der Waals surface area contributed by atoms with Crippen LogP contribution in [-0.2, 0) is 6.54 Å². The summed E-state index contributed by atoms with van der Waals surface area (Å²) in [6, 6.07) is 14.0. The molecule has 0 radical (unpaired) electrons. The number of carbonyl (C=O) groups is 1. The van der Waals surface area contributed by atoms with Crippen LogP contribution in [0.25, 0.3) is 0 Å². The molecule has 0 fully saturated rings. The van der Waals surface area contributed by atoms with Crippen molar-refractivity contribution >= 4 is 5.91 Å². The van der Waals surface area contributed by atoms with Gasteiger partial charge in [-0.2, -0.15) is 5.10 Å². The van der Waals surface area contributed by atoms with Gasteiger partial charge in [0.25, 0.3) is 5.91 Å². The first-order chi connectivity index (χ1) is 12.2. The lowest BCUT2D eigenvalue weighted by Crippen LogP contribution is -2.30. The minimum Gasteiger partial charge on any atom is -0.335 e. The number of pyridine rings is 1. The van der Waals surface area contributed by atoms with Crippen LogP contribution in [0.5, 0.6) is 0 Å². The second-order valence-corrected chi connectivity index (χ2v) is 6.03. The van der Waals surface area contributed by atoms with E-state index < -0.39 is 0 Å². The minimum absolute atomic E-state index is 0.0213. The molecule has 2 aromatic heterocycles. The fourth-order valence-corrected chi connectivity index (χ4v) is 2.99. The fourth-order valence-electron chi connectivity index (χ4n) is 2.99. The Bertz CT molecular complexity index is 814. The molecule has 0 unspecified atom stereocenters. The molecule has 1 amide bonds. The summed E-state index contributed by atoms with van der Waals surface area (Å²) in [5.74, 6) is -0.0250. The fraction of sp³-hybridized carbons (Fsp3) is 0.250. The van der Waals surface area contributed by atoms with Gasteiger partial charge in [0.05, 0.1) is 24.3 Å². The standard InChI is InChI=1S/C20H22N4O/c1-3-19(17-9-11-21-12-10-17)23(2)20(25)18-13-22-24(15-18)14-16-7-5-4-6-8-16/h4-13,15,19H,3,14H2,1-2H3/t19-/m1/s1. The summed E-state index contributed by atoms with van der Waals surface area (Å²) in [7, 11) is 1.84. The molecule has 1 aromatic carbocycles. The van der Waals surface area contributed by atoms with Crippen LogP contribution in [0.4, 0.5) is 0 Å². The minimum atomic E-state index is -0.0250. The van der Waals surface area contributed by atoms with Crippen molar-refractivity contribution in [2.45, 2.75) is 25.9 Å². The first kappa shape index (κ1) is 16.9. The van der Waals surface area contributed by atoms with Gasteiger partial charge in [0, 0.05) is 25.6 Å². The third-order valence-electron chi connectivity index (χ3n) is 4.33. The van der Waals surface area contributed by atoms with Crippen LogP contribution in [0, 0.1) is 0 Å². The molecule has 0 aliphatic carbocycles. The molecular weight excluding hydrogens is 312 g/mol. The second kappa shape index (κ2) is 7.75. The molecule has 0 aliphatic rings. The lowest BCUT2D eigenvalue weighted by Gasteiger charge is -2.27. The Hall–Kier alpha value is -2.95. The Kier molecular flexibility index (Phi) is 5.23. The molecule has 3 aromatic rings. The third-order valence-corrected chi connectivity index (χ3v) is 4.33. The zero-order valence-electron chi connectivity index (χ0n) is 14.5. The molecule has 128 valence electrons. The molecule has 3 rings (SSSR count). The summed E-state index contributed by atoms with van der Waals surface area (Å²) in [5, 5.41) is 4.33. The van der Waals surface area contributed by atoms with E-state index in [0.29, 0.717) is 12.1 Å². The molecule has 5 nitrogen and oxygen atoms in total. The van der Waals surface area contributed by atoms with Gasteiger partial charge in [0.2, 0.25) is 0 Å². The quantitative estimate of drug-likeness (QED) is 0.693. The van der Waals surface area contributed by atoms with E-state index in [1.807, 2.05) is 55.7 Å². The Morgan fingerprint density at radius 3 is 2.56 bits per heavy atom. The van der Waals surface area contributed by atoms with Gasteiger partial charge >= 0.3 is 0 Å². The van der Waals surface area contributed by atoms with Crippen LogP contribution in [0.1, 0.15) is 40.9 Å². The van der Waals surface area contributed by atoms with E-state index in [9.17, 15) is 4.79 Å². The van der Waals surface area contributed by atoms with E-state index in [0.717, 1.165) is 17.5 Å². The highest BCUT2D eigenvalue weighted by molar-refractivity contribution is 5.93. The number of rotatable bonds is 6. The number of carbonyl (C=O) groups excluding carboxylic acids is 1. The molecule has 0 aliphatic heterocycles. The highest BCUT2D eigenvalue weighted by Crippen LogP contribution is 2.23. The second-order valence-electron chi connectivity index (χ2n) is 6.03. The summed E-state index contributed by atoms with van der Waals surface area (Å²) >= 11 is 0. The first-order valence-corrected chi connectivity index (χ1v) is 8.42. The van der Waals surface area contributed by atoms with Crippen molar-refractivity contribution in [3.05, 3.63) is 83.9 Å². The van der Waals surface area contributed by atoms with E-state index >= 15 is 0 Å². The summed E-state index contributed by atoms with van der Waals surface area (Å²) < 4.78 is 1.80. The molecule has 0 saturated heterocycles. The summed E-state index contributed by atoms with van der Waals surface area (Å²) in [6.07, 6.45) is 7.80. The van der Waals surface area contributed by atoms with Crippen molar-refractivity contribution in [3.63, 3.8) is 0 Å². The Morgan fingerprint density at radius 2 is 1.88 bits per heavy atom. The van der Waals surface area contributed by atoms with Crippen molar-refractivity contribution in [2.75, 3.05) is 7.05 Å². The number of hydrogen-bond donors (Lipinski definition) is 0. The Balaban J connectivity index is 1.74. The molecule has 1 atom stereocenters. The lowest BCUT2D eigenvalue weighted by atomic mass is 10.0. The van der Waals surface area contributed by atoms with E-state index in [1.54, 1.807) is 28.2 Å². The predicted molar refractivity (Wildman–Crippen MR) is 97.1 cm³/mol. The van der Waals surface area contributed by atoms with Crippen molar-refractivity contribution in [2.24, 2.45) is 0 Å². The monoisotopic (exact) mass is 334 g/mol. The Morgan fingerprint density at radius 1 is 1.16 bits per heavy atom. The van der Waals surface area contributed by atoms with Crippen molar-refractivity contribution in [3.8, 4) is 0 Å². The topological polar surface area (TPSA) is 51.0 Å². The summed E-state index contributed by atoms with van der Waals surface area (Å²) in [6.45, 7) is 2.73. The van der Waals surface area contributed by atoms with Crippen LogP contribution >= 0.6 is 0 Å². The normalized spacial score (nSPS) is 11.9. The van der Waals surface area contributed by atoms with Gasteiger partial charge in [-0.1, -0.05) is 37.3 Å². The number of nitrogens with zero attached hydrogens (tertiary/aromatic N) is 4. The lowest BCUT2D eigenvalue weighted by molar-refractivity contribution is 0.0726. The van der Waals surface area contributed by atoms with Gasteiger partial charge in [0.1, 0.15) is 0 Å². The SMILES string of the molecule is CC[C@H](c1ccncc1)N(C)C(=O)c1cnn(Cc2ccccc2)c1. The highest BCUT2D eigenvalue weighted by Gasteiger charge is 2.22. The summed E-state index contributed by atoms with van der Waals surface area (Å²) in [5.41, 5.74) is 2.84. The van der Waals surface area contributed by atoms with E-state index in [2.05, 4.69) is 17.0 Å². The van der Waals surface area contributed by atoms with Gasteiger partial charge in [-0.15, -0.1) is 0 Å². The maximum Gasteiger partial charge on any atom is 0.257 e. The molecule has 0 bridgehead atoms. The van der Waals surface area contributed by atoms with Crippen molar-refractivity contribution in [1.82, 2.24) is 19.7 Å². The molecule has 2 heterocycles. The van der Waals surface area contributed by atoms with E-state index in [-0.39, 0.29) is 11.9 Å². The van der Waals surface area contributed by atoms with Crippen LogP contribution in [0.2, 0.25) is 0 Å². The van der Waals surface area contributed by atoms with E-state index in [1.165, 1.54) is 0 Å². The van der Waals surface area contributed by atoms with Gasteiger partial charge in [0.15, 0.2) is 0 Å². The maximum absolute atomic E-state index is 12.8. The average Bonchev–Trinajstić information content (AvgIpc) is 3.12. The number of aromatic nitrogens is 3. The van der Waals surface area contributed by atoms with Gasteiger partial charge < -0.3 is 4.90 Å². The smallest absolute Gasteiger partial charge is 0.257 e. The third kappa shape index (κ3) is 3.94. The zero-order chi connectivity index (χ0) is 17.6. The van der Waals surface area contributed by atoms with E-state index in [4.69, 9.17) is 0 Å². The number of amides is 1. The Labute approximate surface area is 147 Å². The molecule has 0 N–H and O–H groups in total. The van der Waals surface area contributed by atoms with Crippen LogP contribution < -0.4 is 0 Å². The van der Waals surface area contributed by atoms with Crippen molar-refractivity contribution < 1.29 is 4.79 Å². The molecular formula is C20H22N4O. The molecule has 0 saturated carbocycles. The van der Waals surface area contributed by atoms with Crippen LogP contribution in [0.15, 0.2) is 67.3 Å². The van der Waals surface area contributed by atoms with Gasteiger partial charge in [-0.05, 0) is 29.7 Å². The molecule has 0 spiro atoms. The van der Waals surface area contributed by atoms with Gasteiger partial charge in [-0.25, -0.2) is 0 Å². The maximum atomic E-state index is 12.8. The largest absolute Gasteiger partial charge is 0.335 e. The number of hydrogen-bond acceptors (Lipinski definition) is 3. The molecule has 25 heavy (non-hydrogen) atoms. The van der Waals surface area contributed by atoms with Gasteiger partial charge in [-0.3, -0.25) is 14.5 Å². The molecule has 5 heteroatoms.